The van der Waals surface area contributed by atoms with Crippen LogP contribution < -0.4 is 5.32 Å². The maximum absolute atomic E-state index is 12.1. The Morgan fingerprint density at radius 1 is 1.35 bits per heavy atom. The van der Waals surface area contributed by atoms with Crippen LogP contribution in [-0.2, 0) is 6.54 Å². The van der Waals surface area contributed by atoms with E-state index in [9.17, 15) is 4.79 Å². The molecule has 0 bridgehead atoms. The lowest BCUT2D eigenvalue weighted by atomic mass is 10.0. The zero-order chi connectivity index (χ0) is 14.7. The van der Waals surface area contributed by atoms with Gasteiger partial charge in [0.1, 0.15) is 0 Å². The van der Waals surface area contributed by atoms with Crippen LogP contribution in [0.1, 0.15) is 53.0 Å². The van der Waals surface area contributed by atoms with Gasteiger partial charge in [0.05, 0.1) is 6.54 Å². The first-order valence-corrected chi connectivity index (χ1v) is 6.66. The predicted octanol–water partition coefficient (Wildman–Crippen LogP) is 2.74. The lowest BCUT2D eigenvalue weighted by Gasteiger charge is -2.08. The van der Waals surface area contributed by atoms with E-state index in [1.807, 2.05) is 45.9 Å². The Labute approximate surface area is 118 Å². The molecule has 0 saturated heterocycles. The Morgan fingerprint density at radius 3 is 2.75 bits per heavy atom. The summed E-state index contributed by atoms with van der Waals surface area (Å²) in [6, 6.07) is 5.68. The molecule has 1 heterocycles. The van der Waals surface area contributed by atoms with Crippen LogP contribution in [-0.4, -0.2) is 16.0 Å². The molecule has 1 aromatic heterocycles. The van der Waals surface area contributed by atoms with Crippen molar-refractivity contribution in [2.45, 2.75) is 40.2 Å². The summed E-state index contributed by atoms with van der Waals surface area (Å²) in [5.41, 5.74) is 2.76. The first kappa shape index (κ1) is 14.2. The number of hydrogen-bond donors (Lipinski definition) is 1. The van der Waals surface area contributed by atoms with Crippen LogP contribution in [0.3, 0.4) is 0 Å². The second-order valence-electron chi connectivity index (χ2n) is 5.13. The Bertz CT molecular complexity index is 617. The normalized spacial score (nSPS) is 10.8. The van der Waals surface area contributed by atoms with Crippen molar-refractivity contribution in [2.24, 2.45) is 0 Å². The molecule has 2 rings (SSSR count). The number of amides is 1. The van der Waals surface area contributed by atoms with E-state index in [-0.39, 0.29) is 18.4 Å². The fourth-order valence-corrected chi connectivity index (χ4v) is 1.83. The van der Waals surface area contributed by atoms with Crippen molar-refractivity contribution >= 4 is 5.91 Å². The predicted molar refractivity (Wildman–Crippen MR) is 75.5 cm³/mol. The highest BCUT2D eigenvalue weighted by Crippen LogP contribution is 2.13. The molecule has 5 nitrogen and oxygen atoms in total. The number of carbonyl (C=O) groups is 1. The molecule has 2 aromatic rings. The molecule has 1 amide bonds. The number of aryl methyl sites for hydroxylation is 1. The number of aromatic nitrogens is 2. The highest BCUT2D eigenvalue weighted by Gasteiger charge is 2.13. The van der Waals surface area contributed by atoms with Crippen molar-refractivity contribution in [3.05, 3.63) is 46.6 Å². The van der Waals surface area contributed by atoms with Gasteiger partial charge in [-0.1, -0.05) is 31.1 Å². The molecule has 5 heteroatoms. The Balaban J connectivity index is 2.03. The van der Waals surface area contributed by atoms with Gasteiger partial charge in [-0.2, -0.15) is 4.98 Å². The van der Waals surface area contributed by atoms with Crippen molar-refractivity contribution in [1.29, 1.82) is 0 Å². The molecular formula is C15H19N3O2. The minimum absolute atomic E-state index is 0.123. The van der Waals surface area contributed by atoms with Gasteiger partial charge >= 0.3 is 0 Å². The highest BCUT2D eigenvalue weighted by atomic mass is 16.5. The SMILES string of the molecule is Cc1cccc(C(=O)NCc2noc(C(C)C)n2)c1C. The van der Waals surface area contributed by atoms with E-state index in [0.717, 1.165) is 11.1 Å². The van der Waals surface area contributed by atoms with Crippen molar-refractivity contribution in [3.8, 4) is 0 Å². The van der Waals surface area contributed by atoms with E-state index in [4.69, 9.17) is 4.52 Å². The minimum Gasteiger partial charge on any atom is -0.345 e. The summed E-state index contributed by atoms with van der Waals surface area (Å²) in [5, 5.41) is 6.65. The summed E-state index contributed by atoms with van der Waals surface area (Å²) in [6.07, 6.45) is 0. The second-order valence-corrected chi connectivity index (χ2v) is 5.13. The molecule has 0 aliphatic rings. The number of hydrogen-bond acceptors (Lipinski definition) is 4. The van der Waals surface area contributed by atoms with Crippen molar-refractivity contribution in [2.75, 3.05) is 0 Å². The quantitative estimate of drug-likeness (QED) is 0.930. The van der Waals surface area contributed by atoms with Crippen molar-refractivity contribution in [3.63, 3.8) is 0 Å². The van der Waals surface area contributed by atoms with Gasteiger partial charge in [0, 0.05) is 11.5 Å². The van der Waals surface area contributed by atoms with Gasteiger partial charge in [0.15, 0.2) is 5.82 Å². The van der Waals surface area contributed by atoms with Gasteiger partial charge in [-0.15, -0.1) is 0 Å². The molecule has 0 spiro atoms. The van der Waals surface area contributed by atoms with Crippen LogP contribution in [0.25, 0.3) is 0 Å². The third-order valence-corrected chi connectivity index (χ3v) is 3.23. The van der Waals surface area contributed by atoms with Crippen molar-refractivity contribution in [1.82, 2.24) is 15.5 Å². The number of rotatable bonds is 4. The molecule has 20 heavy (non-hydrogen) atoms. The molecule has 0 radical (unpaired) electrons. The van der Waals surface area contributed by atoms with E-state index in [1.165, 1.54) is 0 Å². The van der Waals surface area contributed by atoms with E-state index in [1.54, 1.807) is 0 Å². The summed E-state index contributed by atoms with van der Waals surface area (Å²) in [5.74, 6) is 1.14. The third-order valence-electron chi connectivity index (χ3n) is 3.23. The molecule has 106 valence electrons. The summed E-state index contributed by atoms with van der Waals surface area (Å²) >= 11 is 0. The molecule has 0 saturated carbocycles. The first-order valence-electron chi connectivity index (χ1n) is 6.66. The van der Waals surface area contributed by atoms with Crippen LogP contribution in [0, 0.1) is 13.8 Å². The number of nitrogens with one attached hydrogen (secondary N) is 1. The maximum Gasteiger partial charge on any atom is 0.251 e. The fraction of sp³-hybridized carbons (Fsp3) is 0.400. The zero-order valence-corrected chi connectivity index (χ0v) is 12.2. The fourth-order valence-electron chi connectivity index (χ4n) is 1.83. The van der Waals surface area contributed by atoms with Gasteiger partial charge in [-0.25, -0.2) is 0 Å². The standard InChI is InChI=1S/C15H19N3O2/c1-9(2)15-17-13(18-20-15)8-16-14(19)12-7-5-6-10(3)11(12)4/h5-7,9H,8H2,1-4H3,(H,16,19). The monoisotopic (exact) mass is 273 g/mol. The maximum atomic E-state index is 12.1. The van der Waals surface area contributed by atoms with Gasteiger partial charge in [0.2, 0.25) is 5.89 Å². The molecule has 0 unspecified atom stereocenters. The van der Waals surface area contributed by atoms with Crippen LogP contribution in [0.4, 0.5) is 0 Å². The zero-order valence-electron chi connectivity index (χ0n) is 12.2. The Hall–Kier alpha value is -2.17. The topological polar surface area (TPSA) is 68.0 Å². The highest BCUT2D eigenvalue weighted by molar-refractivity contribution is 5.95. The molecule has 1 aromatic carbocycles. The molecular weight excluding hydrogens is 254 g/mol. The summed E-state index contributed by atoms with van der Waals surface area (Å²) < 4.78 is 5.09. The lowest BCUT2D eigenvalue weighted by Crippen LogP contribution is -2.24. The summed E-state index contributed by atoms with van der Waals surface area (Å²) in [4.78, 5) is 16.4. The minimum atomic E-state index is -0.123. The average Bonchev–Trinajstić information content (AvgIpc) is 2.88. The number of nitrogens with zero attached hydrogens (tertiary/aromatic N) is 2. The van der Waals surface area contributed by atoms with Gasteiger partial charge in [-0.3, -0.25) is 4.79 Å². The van der Waals surface area contributed by atoms with Gasteiger partial charge in [-0.05, 0) is 31.0 Å². The first-order chi connectivity index (χ1) is 9.49. The van der Waals surface area contributed by atoms with E-state index >= 15 is 0 Å². The van der Waals surface area contributed by atoms with Crippen LogP contribution in [0.5, 0.6) is 0 Å². The number of carbonyl (C=O) groups excluding carboxylic acids is 1. The summed E-state index contributed by atoms with van der Waals surface area (Å²) in [7, 11) is 0. The van der Waals surface area contributed by atoms with Crippen molar-refractivity contribution < 1.29 is 9.32 Å². The van der Waals surface area contributed by atoms with E-state index < -0.39 is 0 Å². The summed E-state index contributed by atoms with van der Waals surface area (Å²) in [6.45, 7) is 8.15. The average molecular weight is 273 g/mol. The Kier molecular flexibility index (Phi) is 4.17. The lowest BCUT2D eigenvalue weighted by molar-refractivity contribution is 0.0949. The number of benzene rings is 1. The van der Waals surface area contributed by atoms with Crippen LogP contribution in [0.15, 0.2) is 22.7 Å². The molecule has 0 fully saturated rings. The van der Waals surface area contributed by atoms with Crippen LogP contribution in [0.2, 0.25) is 0 Å². The van der Waals surface area contributed by atoms with Gasteiger partial charge < -0.3 is 9.84 Å². The smallest absolute Gasteiger partial charge is 0.251 e. The molecule has 0 atom stereocenters. The third kappa shape index (κ3) is 3.04. The van der Waals surface area contributed by atoms with E-state index in [0.29, 0.717) is 17.3 Å². The van der Waals surface area contributed by atoms with Gasteiger partial charge in [0.25, 0.3) is 5.91 Å². The molecule has 1 N–H and O–H groups in total. The van der Waals surface area contributed by atoms with Crippen LogP contribution >= 0.6 is 0 Å². The molecule has 0 aliphatic carbocycles. The Morgan fingerprint density at radius 2 is 2.10 bits per heavy atom. The van der Waals surface area contributed by atoms with E-state index in [2.05, 4.69) is 15.5 Å². The molecule has 0 aliphatic heterocycles. The largest absolute Gasteiger partial charge is 0.345 e. The second kappa shape index (κ2) is 5.86.